The fourth-order valence-electron chi connectivity index (χ4n) is 3.61. The summed E-state index contributed by atoms with van der Waals surface area (Å²) in [6, 6.07) is 0. The molecule has 1 aliphatic heterocycles. The molecule has 0 atom stereocenters. The zero-order valence-electron chi connectivity index (χ0n) is 17.5. The number of rotatable bonds is 4. The molecule has 0 radical (unpaired) electrons. The van der Waals surface area contributed by atoms with Gasteiger partial charge in [-0.3, -0.25) is 9.59 Å². The van der Waals surface area contributed by atoms with Crippen LogP contribution in [0.25, 0.3) is 0 Å². The number of nitrogens with one attached hydrogen (secondary N) is 1. The SMILES string of the molecule is CC(C)(C)OC(=O)NCC(=O)N1CCCN(C(=O)/C=C/C2CCCCC2)CC1. The largest absolute Gasteiger partial charge is 0.444 e. The van der Waals surface area contributed by atoms with Crippen molar-refractivity contribution < 1.29 is 19.1 Å². The molecule has 1 N–H and O–H groups in total. The number of hydrogen-bond acceptors (Lipinski definition) is 4. The van der Waals surface area contributed by atoms with Crippen LogP contribution in [0.4, 0.5) is 4.79 Å². The molecule has 0 spiro atoms. The predicted octanol–water partition coefficient (Wildman–Crippen LogP) is 2.71. The minimum Gasteiger partial charge on any atom is -0.444 e. The number of nitrogens with zero attached hydrogens (tertiary/aromatic N) is 2. The van der Waals surface area contributed by atoms with Gasteiger partial charge in [0.2, 0.25) is 11.8 Å². The van der Waals surface area contributed by atoms with Gasteiger partial charge in [-0.2, -0.15) is 0 Å². The molecule has 7 nitrogen and oxygen atoms in total. The number of hydrogen-bond donors (Lipinski definition) is 1. The third kappa shape index (κ3) is 7.90. The van der Waals surface area contributed by atoms with Gasteiger partial charge in [-0.05, 0) is 52.0 Å². The molecule has 1 saturated heterocycles. The molecule has 1 aliphatic carbocycles. The van der Waals surface area contributed by atoms with Crippen molar-refractivity contribution in [3.8, 4) is 0 Å². The van der Waals surface area contributed by atoms with Gasteiger partial charge < -0.3 is 19.9 Å². The highest BCUT2D eigenvalue weighted by molar-refractivity contribution is 5.88. The highest BCUT2D eigenvalue weighted by atomic mass is 16.6. The van der Waals surface area contributed by atoms with Gasteiger partial charge in [-0.15, -0.1) is 0 Å². The monoisotopic (exact) mass is 393 g/mol. The van der Waals surface area contributed by atoms with E-state index in [4.69, 9.17) is 4.74 Å². The molecule has 2 aliphatic rings. The second kappa shape index (κ2) is 10.5. The van der Waals surface area contributed by atoms with Crippen LogP contribution in [0, 0.1) is 5.92 Å². The van der Waals surface area contributed by atoms with E-state index < -0.39 is 11.7 Å². The fraction of sp³-hybridized carbons (Fsp3) is 0.762. The van der Waals surface area contributed by atoms with E-state index >= 15 is 0 Å². The topological polar surface area (TPSA) is 79.0 Å². The lowest BCUT2D eigenvalue weighted by atomic mass is 9.89. The van der Waals surface area contributed by atoms with Crippen LogP contribution in [0.15, 0.2) is 12.2 Å². The van der Waals surface area contributed by atoms with Crippen LogP contribution in [0.1, 0.15) is 59.3 Å². The number of allylic oxidation sites excluding steroid dienone is 1. The van der Waals surface area contributed by atoms with Crippen LogP contribution < -0.4 is 5.32 Å². The maximum Gasteiger partial charge on any atom is 0.408 e. The quantitative estimate of drug-likeness (QED) is 0.745. The van der Waals surface area contributed by atoms with Gasteiger partial charge in [-0.25, -0.2) is 4.79 Å². The van der Waals surface area contributed by atoms with Crippen LogP contribution in [0.3, 0.4) is 0 Å². The third-order valence-electron chi connectivity index (χ3n) is 5.10. The average molecular weight is 394 g/mol. The van der Waals surface area contributed by atoms with Crippen molar-refractivity contribution in [2.45, 2.75) is 64.9 Å². The molecule has 0 aromatic rings. The van der Waals surface area contributed by atoms with E-state index in [1.807, 2.05) is 4.90 Å². The minimum absolute atomic E-state index is 0.0340. The molecule has 158 valence electrons. The summed E-state index contributed by atoms with van der Waals surface area (Å²) >= 11 is 0. The van der Waals surface area contributed by atoms with Crippen LogP contribution in [-0.2, 0) is 14.3 Å². The van der Waals surface area contributed by atoms with Crippen molar-refractivity contribution in [1.82, 2.24) is 15.1 Å². The Morgan fingerprint density at radius 1 is 0.964 bits per heavy atom. The molecule has 3 amide bonds. The summed E-state index contributed by atoms with van der Waals surface area (Å²) in [4.78, 5) is 40.1. The predicted molar refractivity (Wildman–Crippen MR) is 108 cm³/mol. The van der Waals surface area contributed by atoms with Crippen molar-refractivity contribution in [3.05, 3.63) is 12.2 Å². The first kappa shape index (κ1) is 22.2. The zero-order chi connectivity index (χ0) is 20.6. The van der Waals surface area contributed by atoms with E-state index in [9.17, 15) is 14.4 Å². The highest BCUT2D eigenvalue weighted by Gasteiger charge is 2.22. The van der Waals surface area contributed by atoms with Crippen LogP contribution >= 0.6 is 0 Å². The van der Waals surface area contributed by atoms with E-state index in [0.717, 1.165) is 6.42 Å². The van der Waals surface area contributed by atoms with Gasteiger partial charge in [-0.1, -0.05) is 25.3 Å². The number of amides is 3. The molecule has 7 heteroatoms. The van der Waals surface area contributed by atoms with Gasteiger partial charge in [0.15, 0.2) is 0 Å². The van der Waals surface area contributed by atoms with Crippen LogP contribution in [0.2, 0.25) is 0 Å². The molecule has 0 unspecified atom stereocenters. The fourth-order valence-corrected chi connectivity index (χ4v) is 3.61. The average Bonchev–Trinajstić information content (AvgIpc) is 2.90. The highest BCUT2D eigenvalue weighted by Crippen LogP contribution is 2.24. The van der Waals surface area contributed by atoms with Gasteiger partial charge in [0.05, 0.1) is 0 Å². The molecule has 28 heavy (non-hydrogen) atoms. The second-order valence-corrected chi connectivity index (χ2v) is 8.67. The van der Waals surface area contributed by atoms with Crippen LogP contribution in [0.5, 0.6) is 0 Å². The molecule has 1 saturated carbocycles. The Labute approximate surface area is 168 Å². The maximum atomic E-state index is 12.5. The molecule has 2 rings (SSSR count). The van der Waals surface area contributed by atoms with Crippen molar-refractivity contribution in [2.75, 3.05) is 32.7 Å². The third-order valence-corrected chi connectivity index (χ3v) is 5.10. The van der Waals surface area contributed by atoms with Crippen molar-refractivity contribution in [2.24, 2.45) is 5.92 Å². The van der Waals surface area contributed by atoms with Gasteiger partial charge in [0, 0.05) is 26.2 Å². The van der Waals surface area contributed by atoms with Crippen LogP contribution in [-0.4, -0.2) is 66.0 Å². The normalized spacial score (nSPS) is 19.4. The summed E-state index contributed by atoms with van der Waals surface area (Å²) in [6.07, 6.45) is 10.1. The lowest BCUT2D eigenvalue weighted by Gasteiger charge is -2.23. The van der Waals surface area contributed by atoms with E-state index in [-0.39, 0.29) is 18.4 Å². The lowest BCUT2D eigenvalue weighted by molar-refractivity contribution is -0.131. The van der Waals surface area contributed by atoms with E-state index in [2.05, 4.69) is 11.4 Å². The Hall–Kier alpha value is -2.05. The summed E-state index contributed by atoms with van der Waals surface area (Å²) in [5.41, 5.74) is -0.595. The zero-order valence-corrected chi connectivity index (χ0v) is 17.5. The standard InChI is InChI=1S/C21H35N3O4/c1-21(2,3)28-20(27)22-16-19(26)24-13-7-12-23(14-15-24)18(25)11-10-17-8-5-4-6-9-17/h10-11,17H,4-9,12-16H2,1-3H3,(H,22,27)/b11-10+. The van der Waals surface area contributed by atoms with Gasteiger partial charge >= 0.3 is 6.09 Å². The molecule has 0 aromatic carbocycles. The Morgan fingerprint density at radius 3 is 2.29 bits per heavy atom. The number of carbonyl (C=O) groups is 3. The van der Waals surface area contributed by atoms with E-state index in [0.29, 0.717) is 32.1 Å². The number of carbonyl (C=O) groups excluding carboxylic acids is 3. The molecule has 1 heterocycles. The van der Waals surface area contributed by atoms with E-state index in [1.54, 1.807) is 31.7 Å². The van der Waals surface area contributed by atoms with E-state index in [1.165, 1.54) is 32.1 Å². The van der Waals surface area contributed by atoms with Crippen molar-refractivity contribution in [1.29, 1.82) is 0 Å². The Morgan fingerprint density at radius 2 is 1.61 bits per heavy atom. The van der Waals surface area contributed by atoms with Gasteiger partial charge in [0.1, 0.15) is 12.1 Å². The first-order chi connectivity index (χ1) is 13.2. The Kier molecular flexibility index (Phi) is 8.33. The minimum atomic E-state index is -0.597. The van der Waals surface area contributed by atoms with Gasteiger partial charge in [0.25, 0.3) is 0 Å². The summed E-state index contributed by atoms with van der Waals surface area (Å²) in [5, 5.41) is 2.50. The van der Waals surface area contributed by atoms with Crippen molar-refractivity contribution >= 4 is 17.9 Å². The Balaban J connectivity index is 1.75. The molecular weight excluding hydrogens is 358 g/mol. The molecule has 0 aromatic heterocycles. The molecule has 0 bridgehead atoms. The molecular formula is C21H35N3O4. The number of alkyl carbamates (subject to hydrolysis) is 1. The number of ether oxygens (including phenoxy) is 1. The summed E-state index contributed by atoms with van der Waals surface area (Å²) < 4.78 is 5.14. The smallest absolute Gasteiger partial charge is 0.408 e. The summed E-state index contributed by atoms with van der Waals surface area (Å²) in [7, 11) is 0. The second-order valence-electron chi connectivity index (χ2n) is 8.67. The molecule has 2 fully saturated rings. The first-order valence-corrected chi connectivity index (χ1v) is 10.5. The first-order valence-electron chi connectivity index (χ1n) is 10.5. The summed E-state index contributed by atoms with van der Waals surface area (Å²) in [6.45, 7) is 7.48. The summed E-state index contributed by atoms with van der Waals surface area (Å²) in [5.74, 6) is 0.409. The Bertz CT molecular complexity index is 577. The van der Waals surface area contributed by atoms with Crippen molar-refractivity contribution in [3.63, 3.8) is 0 Å². The lowest BCUT2D eigenvalue weighted by Crippen LogP contribution is -2.43. The maximum absolute atomic E-state index is 12.5.